The number of carbonyl (C=O) groups excluding carboxylic acids is 2. The lowest BCUT2D eigenvalue weighted by atomic mass is 9.85. The molecule has 3 aromatic rings. The Labute approximate surface area is 219 Å². The van der Waals surface area contributed by atoms with Crippen LogP contribution in [-0.4, -0.2) is 41.2 Å². The lowest BCUT2D eigenvalue weighted by Gasteiger charge is -2.37. The van der Waals surface area contributed by atoms with E-state index in [0.29, 0.717) is 13.1 Å². The number of rotatable bonds is 7. The second-order valence-electron chi connectivity index (χ2n) is 10.4. The van der Waals surface area contributed by atoms with Crippen molar-refractivity contribution < 1.29 is 9.59 Å². The van der Waals surface area contributed by atoms with Gasteiger partial charge in [-0.2, -0.15) is 0 Å². The molecule has 1 aromatic heterocycles. The number of thiophene rings is 1. The van der Waals surface area contributed by atoms with Gasteiger partial charge in [-0.3, -0.25) is 9.59 Å². The van der Waals surface area contributed by atoms with Crippen LogP contribution >= 0.6 is 11.3 Å². The van der Waals surface area contributed by atoms with Crippen LogP contribution in [0.2, 0.25) is 0 Å². The average molecular weight is 501 g/mol. The minimum Gasteiger partial charge on any atom is -0.330 e. The lowest BCUT2D eigenvalue weighted by Crippen LogP contribution is -2.46. The molecule has 0 radical (unpaired) electrons. The van der Waals surface area contributed by atoms with Gasteiger partial charge in [-0.25, -0.2) is 0 Å². The van der Waals surface area contributed by atoms with Crippen molar-refractivity contribution in [1.29, 1.82) is 0 Å². The summed E-state index contributed by atoms with van der Waals surface area (Å²) in [5, 5.41) is 2.12. The first kappa shape index (κ1) is 25.9. The summed E-state index contributed by atoms with van der Waals surface area (Å²) in [6, 6.07) is 20.5. The summed E-state index contributed by atoms with van der Waals surface area (Å²) in [5.41, 5.74) is 4.64. The molecule has 2 amide bonds. The Kier molecular flexibility index (Phi) is 8.10. The summed E-state index contributed by atoms with van der Waals surface area (Å²) in [7, 11) is 0. The normalized spacial score (nSPS) is 15.7. The van der Waals surface area contributed by atoms with E-state index in [1.54, 1.807) is 22.3 Å². The molecular weight excluding hydrogens is 464 g/mol. The topological polar surface area (TPSA) is 40.6 Å². The SMILES string of the molecule is CCCN(CC(=O)N1CCc2sccc2C1c1ccc(C(C)(C)C)cc1)C(=O)C=Cc1ccccc1. The molecule has 0 spiro atoms. The highest BCUT2D eigenvalue weighted by atomic mass is 32.1. The van der Waals surface area contributed by atoms with Crippen molar-refractivity contribution in [3.8, 4) is 0 Å². The monoisotopic (exact) mass is 500 g/mol. The molecule has 0 N–H and O–H groups in total. The molecule has 2 heterocycles. The number of nitrogens with zero attached hydrogens (tertiary/aromatic N) is 2. The zero-order valence-electron chi connectivity index (χ0n) is 21.7. The molecule has 0 aliphatic carbocycles. The molecule has 4 nitrogen and oxygen atoms in total. The average Bonchev–Trinajstić information content (AvgIpc) is 3.35. The highest BCUT2D eigenvalue weighted by Gasteiger charge is 2.34. The molecule has 1 unspecified atom stereocenters. The van der Waals surface area contributed by atoms with Crippen LogP contribution in [-0.2, 0) is 21.4 Å². The minimum atomic E-state index is -0.131. The molecule has 0 saturated heterocycles. The molecule has 2 aromatic carbocycles. The Morgan fingerprint density at radius 1 is 1.06 bits per heavy atom. The van der Waals surface area contributed by atoms with E-state index in [9.17, 15) is 9.59 Å². The minimum absolute atomic E-state index is 0.00772. The molecular formula is C31H36N2O2S. The Morgan fingerprint density at radius 3 is 2.44 bits per heavy atom. The third-order valence-corrected chi connectivity index (χ3v) is 7.72. The number of amides is 2. The van der Waals surface area contributed by atoms with Crippen molar-refractivity contribution in [3.63, 3.8) is 0 Å². The van der Waals surface area contributed by atoms with Gasteiger partial charge in [0.2, 0.25) is 11.8 Å². The maximum atomic E-state index is 13.7. The summed E-state index contributed by atoms with van der Waals surface area (Å²) in [4.78, 5) is 31.7. The molecule has 1 aliphatic heterocycles. The van der Waals surface area contributed by atoms with E-state index in [1.807, 2.05) is 48.2 Å². The van der Waals surface area contributed by atoms with Gasteiger partial charge in [0.1, 0.15) is 6.54 Å². The van der Waals surface area contributed by atoms with Crippen molar-refractivity contribution in [1.82, 2.24) is 9.80 Å². The Morgan fingerprint density at radius 2 is 1.78 bits per heavy atom. The quantitative estimate of drug-likeness (QED) is 0.349. The second kappa shape index (κ2) is 11.3. The summed E-state index contributed by atoms with van der Waals surface area (Å²) >= 11 is 1.76. The summed E-state index contributed by atoms with van der Waals surface area (Å²) in [5.74, 6) is -0.139. The van der Waals surface area contributed by atoms with Crippen LogP contribution in [0.1, 0.15) is 67.3 Å². The van der Waals surface area contributed by atoms with Gasteiger partial charge in [0.05, 0.1) is 6.04 Å². The maximum absolute atomic E-state index is 13.7. The second-order valence-corrected chi connectivity index (χ2v) is 11.4. The molecule has 36 heavy (non-hydrogen) atoms. The number of hydrogen-bond donors (Lipinski definition) is 0. The van der Waals surface area contributed by atoms with Crippen molar-refractivity contribution in [2.24, 2.45) is 0 Å². The van der Waals surface area contributed by atoms with E-state index >= 15 is 0 Å². The Bertz CT molecular complexity index is 1210. The number of benzene rings is 2. The van der Waals surface area contributed by atoms with E-state index in [-0.39, 0.29) is 29.8 Å². The van der Waals surface area contributed by atoms with Crippen molar-refractivity contribution in [3.05, 3.63) is 99.3 Å². The summed E-state index contributed by atoms with van der Waals surface area (Å²) in [6.07, 6.45) is 5.04. The van der Waals surface area contributed by atoms with Crippen LogP contribution in [0.5, 0.6) is 0 Å². The van der Waals surface area contributed by atoms with Crippen LogP contribution in [0.3, 0.4) is 0 Å². The van der Waals surface area contributed by atoms with Crippen molar-refractivity contribution in [2.45, 2.75) is 52.0 Å². The van der Waals surface area contributed by atoms with E-state index in [0.717, 1.165) is 24.0 Å². The van der Waals surface area contributed by atoms with E-state index < -0.39 is 0 Å². The van der Waals surface area contributed by atoms with Gasteiger partial charge in [0, 0.05) is 24.0 Å². The Hall–Kier alpha value is -3.18. The number of fused-ring (bicyclic) bond motifs is 1. The van der Waals surface area contributed by atoms with Crippen LogP contribution in [0.15, 0.2) is 72.1 Å². The molecule has 188 valence electrons. The summed E-state index contributed by atoms with van der Waals surface area (Å²) in [6.45, 7) is 9.95. The van der Waals surface area contributed by atoms with Crippen molar-refractivity contribution in [2.75, 3.05) is 19.6 Å². The maximum Gasteiger partial charge on any atom is 0.247 e. The van der Waals surface area contributed by atoms with Gasteiger partial charge in [0.25, 0.3) is 0 Å². The predicted molar refractivity (Wildman–Crippen MR) is 149 cm³/mol. The third-order valence-electron chi connectivity index (χ3n) is 6.73. The molecule has 0 saturated carbocycles. The van der Waals surface area contributed by atoms with Gasteiger partial charge in [0.15, 0.2) is 0 Å². The van der Waals surface area contributed by atoms with E-state index in [1.165, 1.54) is 16.0 Å². The standard InChI is InChI=1S/C31H36N2O2S/c1-5-19-32(28(34)16-11-23-9-7-6-8-10-23)22-29(35)33-20-17-27-26(18-21-36-27)30(33)24-12-14-25(15-13-24)31(2,3)4/h6-16,18,21,30H,5,17,19-20,22H2,1-4H3. The van der Waals surface area contributed by atoms with E-state index in [4.69, 9.17) is 0 Å². The fourth-order valence-electron chi connectivity index (χ4n) is 4.74. The van der Waals surface area contributed by atoms with E-state index in [2.05, 4.69) is 56.5 Å². The van der Waals surface area contributed by atoms with Gasteiger partial charge in [-0.1, -0.05) is 82.3 Å². The molecule has 0 bridgehead atoms. The summed E-state index contributed by atoms with van der Waals surface area (Å²) < 4.78 is 0. The fourth-order valence-corrected chi connectivity index (χ4v) is 5.64. The Balaban J connectivity index is 1.56. The van der Waals surface area contributed by atoms with Gasteiger partial charge < -0.3 is 9.80 Å². The van der Waals surface area contributed by atoms with Gasteiger partial charge in [-0.05, 0) is 58.0 Å². The first-order chi connectivity index (χ1) is 17.3. The molecule has 1 atom stereocenters. The van der Waals surface area contributed by atoms with Crippen LogP contribution < -0.4 is 0 Å². The van der Waals surface area contributed by atoms with Crippen LogP contribution in [0.25, 0.3) is 6.08 Å². The third kappa shape index (κ3) is 5.96. The van der Waals surface area contributed by atoms with Gasteiger partial charge >= 0.3 is 0 Å². The fraction of sp³-hybridized carbons (Fsp3) is 0.355. The number of hydrogen-bond acceptors (Lipinski definition) is 3. The molecule has 0 fully saturated rings. The lowest BCUT2D eigenvalue weighted by molar-refractivity contribution is -0.139. The molecule has 4 rings (SSSR count). The highest BCUT2D eigenvalue weighted by molar-refractivity contribution is 7.10. The van der Waals surface area contributed by atoms with Crippen molar-refractivity contribution >= 4 is 29.2 Å². The smallest absolute Gasteiger partial charge is 0.247 e. The molecule has 1 aliphatic rings. The van der Waals surface area contributed by atoms with Gasteiger partial charge in [-0.15, -0.1) is 11.3 Å². The first-order valence-corrected chi connectivity index (χ1v) is 13.6. The largest absolute Gasteiger partial charge is 0.330 e. The van der Waals surface area contributed by atoms with Crippen LogP contribution in [0.4, 0.5) is 0 Å². The number of carbonyl (C=O) groups is 2. The molecule has 5 heteroatoms. The zero-order chi connectivity index (χ0) is 25.7. The zero-order valence-corrected chi connectivity index (χ0v) is 22.6. The predicted octanol–water partition coefficient (Wildman–Crippen LogP) is 6.47. The van der Waals surface area contributed by atoms with Crippen LogP contribution in [0, 0.1) is 0 Å². The first-order valence-electron chi connectivity index (χ1n) is 12.8. The highest BCUT2D eigenvalue weighted by Crippen LogP contribution is 2.38.